The fourth-order valence-corrected chi connectivity index (χ4v) is 5.21. The van der Waals surface area contributed by atoms with Crippen molar-refractivity contribution in [2.75, 3.05) is 5.75 Å². The van der Waals surface area contributed by atoms with E-state index in [2.05, 4.69) is 0 Å². The van der Waals surface area contributed by atoms with E-state index in [0.29, 0.717) is 17.4 Å². The average Bonchev–Trinajstić information content (AvgIpc) is 3.24. The molecule has 1 amide bonds. The Kier molecular flexibility index (Phi) is 5.54. The van der Waals surface area contributed by atoms with Crippen LogP contribution in [0.5, 0.6) is 0 Å². The van der Waals surface area contributed by atoms with E-state index in [0.717, 1.165) is 12.8 Å². The van der Waals surface area contributed by atoms with Gasteiger partial charge in [-0.05, 0) is 44.7 Å². The van der Waals surface area contributed by atoms with E-state index >= 15 is 0 Å². The summed E-state index contributed by atoms with van der Waals surface area (Å²) in [6, 6.07) is 2.84. The van der Waals surface area contributed by atoms with Crippen molar-refractivity contribution in [1.82, 2.24) is 4.90 Å². The van der Waals surface area contributed by atoms with E-state index in [1.807, 2.05) is 13.8 Å². The Balaban J connectivity index is 1.83. The number of nitrogens with zero attached hydrogens (tertiary/aromatic N) is 1. The van der Waals surface area contributed by atoms with Crippen molar-refractivity contribution in [3.05, 3.63) is 24.2 Å². The van der Waals surface area contributed by atoms with Crippen LogP contribution in [0.1, 0.15) is 56.5 Å². The molecule has 2 aliphatic rings. The number of thioether (sulfide) groups is 1. The SMILES string of the molecule is CC(C)OC(=O)C1CSC(C2CCCCC2)N1C(=O)c1ccco1. The third-order valence-corrected chi connectivity index (χ3v) is 6.14. The van der Waals surface area contributed by atoms with E-state index in [1.165, 1.54) is 25.5 Å². The average molecular weight is 351 g/mol. The van der Waals surface area contributed by atoms with Gasteiger partial charge in [-0.1, -0.05) is 19.3 Å². The van der Waals surface area contributed by atoms with Gasteiger partial charge in [0.2, 0.25) is 0 Å². The number of rotatable bonds is 4. The van der Waals surface area contributed by atoms with Crippen LogP contribution in [-0.2, 0) is 9.53 Å². The van der Waals surface area contributed by atoms with Gasteiger partial charge in [0.05, 0.1) is 17.7 Å². The molecule has 1 aromatic rings. The van der Waals surface area contributed by atoms with Crippen LogP contribution < -0.4 is 0 Å². The van der Waals surface area contributed by atoms with Crippen molar-refractivity contribution in [3.63, 3.8) is 0 Å². The van der Waals surface area contributed by atoms with Crippen molar-refractivity contribution < 1.29 is 18.7 Å². The lowest BCUT2D eigenvalue weighted by Crippen LogP contribution is -2.49. The molecule has 0 N–H and O–H groups in total. The molecule has 5 nitrogen and oxygen atoms in total. The summed E-state index contributed by atoms with van der Waals surface area (Å²) >= 11 is 1.71. The summed E-state index contributed by atoms with van der Waals surface area (Å²) in [5.41, 5.74) is 0. The number of ether oxygens (including phenoxy) is 1. The molecule has 0 aromatic carbocycles. The predicted molar refractivity (Wildman–Crippen MR) is 92.7 cm³/mol. The molecular formula is C18H25NO4S. The zero-order valence-corrected chi connectivity index (χ0v) is 15.1. The first-order chi connectivity index (χ1) is 11.6. The molecular weight excluding hydrogens is 326 g/mol. The van der Waals surface area contributed by atoms with Gasteiger partial charge in [-0.3, -0.25) is 4.79 Å². The molecule has 0 spiro atoms. The second-order valence-electron chi connectivity index (χ2n) is 6.81. The number of carbonyl (C=O) groups excluding carboxylic acids is 2. The number of hydrogen-bond donors (Lipinski definition) is 0. The first-order valence-corrected chi connectivity index (χ1v) is 9.81. The van der Waals surface area contributed by atoms with Crippen molar-refractivity contribution in [1.29, 1.82) is 0 Å². The lowest BCUT2D eigenvalue weighted by Gasteiger charge is -2.34. The fourth-order valence-electron chi connectivity index (χ4n) is 3.59. The second kappa shape index (κ2) is 7.64. The first kappa shape index (κ1) is 17.4. The van der Waals surface area contributed by atoms with Gasteiger partial charge in [-0.25, -0.2) is 4.79 Å². The maximum atomic E-state index is 13.0. The lowest BCUT2D eigenvalue weighted by atomic mass is 9.88. The van der Waals surface area contributed by atoms with Crippen LogP contribution in [0.15, 0.2) is 22.8 Å². The molecule has 0 radical (unpaired) electrons. The van der Waals surface area contributed by atoms with Gasteiger partial charge in [0.25, 0.3) is 5.91 Å². The molecule has 3 rings (SSSR count). The quantitative estimate of drug-likeness (QED) is 0.774. The Morgan fingerprint density at radius 1 is 1.29 bits per heavy atom. The molecule has 0 bridgehead atoms. The topological polar surface area (TPSA) is 59.8 Å². The van der Waals surface area contributed by atoms with E-state index < -0.39 is 6.04 Å². The van der Waals surface area contributed by atoms with Gasteiger partial charge in [0.15, 0.2) is 5.76 Å². The molecule has 6 heteroatoms. The minimum Gasteiger partial charge on any atom is -0.461 e. The summed E-state index contributed by atoms with van der Waals surface area (Å²) in [7, 11) is 0. The van der Waals surface area contributed by atoms with Crippen LogP contribution >= 0.6 is 11.8 Å². The van der Waals surface area contributed by atoms with Gasteiger partial charge < -0.3 is 14.1 Å². The van der Waals surface area contributed by atoms with Crippen LogP contribution in [0, 0.1) is 5.92 Å². The molecule has 2 heterocycles. The zero-order valence-electron chi connectivity index (χ0n) is 14.3. The Morgan fingerprint density at radius 3 is 2.67 bits per heavy atom. The summed E-state index contributed by atoms with van der Waals surface area (Å²) in [6.07, 6.45) is 7.21. The van der Waals surface area contributed by atoms with Gasteiger partial charge in [-0.15, -0.1) is 11.8 Å². The first-order valence-electron chi connectivity index (χ1n) is 8.76. The molecule has 2 atom stereocenters. The maximum absolute atomic E-state index is 13.0. The predicted octanol–water partition coefficient (Wildman–Crippen LogP) is 3.70. The van der Waals surface area contributed by atoms with Crippen molar-refractivity contribution >= 4 is 23.6 Å². The van der Waals surface area contributed by atoms with Crippen LogP contribution in [0.3, 0.4) is 0 Å². The number of hydrogen-bond acceptors (Lipinski definition) is 5. The fraction of sp³-hybridized carbons (Fsp3) is 0.667. The van der Waals surface area contributed by atoms with Gasteiger partial charge in [0.1, 0.15) is 6.04 Å². The van der Waals surface area contributed by atoms with E-state index in [1.54, 1.807) is 28.8 Å². The van der Waals surface area contributed by atoms with Crippen molar-refractivity contribution in [2.45, 2.75) is 63.5 Å². The highest BCUT2D eigenvalue weighted by molar-refractivity contribution is 8.00. The van der Waals surface area contributed by atoms with Gasteiger partial charge in [0, 0.05) is 5.75 Å². The third-order valence-electron chi connectivity index (χ3n) is 4.68. The normalized spacial score (nSPS) is 25.2. The molecule has 1 aliphatic heterocycles. The molecule has 1 saturated carbocycles. The molecule has 1 saturated heterocycles. The molecule has 2 unspecified atom stereocenters. The maximum Gasteiger partial charge on any atom is 0.330 e. The molecule has 2 fully saturated rings. The highest BCUT2D eigenvalue weighted by Gasteiger charge is 2.46. The van der Waals surface area contributed by atoms with Crippen LogP contribution in [-0.4, -0.2) is 40.0 Å². The zero-order chi connectivity index (χ0) is 17.1. The minimum atomic E-state index is -0.526. The summed E-state index contributed by atoms with van der Waals surface area (Å²) in [4.78, 5) is 27.2. The highest BCUT2D eigenvalue weighted by Crippen LogP contribution is 2.41. The Morgan fingerprint density at radius 2 is 2.04 bits per heavy atom. The highest BCUT2D eigenvalue weighted by atomic mass is 32.2. The monoisotopic (exact) mass is 351 g/mol. The van der Waals surface area contributed by atoms with E-state index in [-0.39, 0.29) is 23.4 Å². The third kappa shape index (κ3) is 3.63. The number of esters is 1. The number of amides is 1. The summed E-state index contributed by atoms with van der Waals surface area (Å²) in [5.74, 6) is 0.821. The Labute approximate surface area is 147 Å². The summed E-state index contributed by atoms with van der Waals surface area (Å²) in [6.45, 7) is 3.66. The minimum absolute atomic E-state index is 0.0348. The van der Waals surface area contributed by atoms with Gasteiger partial charge >= 0.3 is 5.97 Å². The molecule has 1 aromatic heterocycles. The van der Waals surface area contributed by atoms with Crippen molar-refractivity contribution in [3.8, 4) is 0 Å². The second-order valence-corrected chi connectivity index (χ2v) is 7.96. The smallest absolute Gasteiger partial charge is 0.330 e. The standard InChI is InChI=1S/C18H25NO4S/c1-12(2)23-18(21)14-11-24-17(13-7-4-3-5-8-13)19(14)16(20)15-9-6-10-22-15/h6,9-10,12-14,17H,3-5,7-8,11H2,1-2H3. The number of carbonyl (C=O) groups is 2. The Hall–Kier alpha value is -1.43. The summed E-state index contributed by atoms with van der Waals surface area (Å²) in [5, 5.41) is 0.0348. The van der Waals surface area contributed by atoms with E-state index in [9.17, 15) is 9.59 Å². The molecule has 132 valence electrons. The van der Waals surface area contributed by atoms with Crippen LogP contribution in [0.25, 0.3) is 0 Å². The Bertz CT molecular complexity index is 566. The van der Waals surface area contributed by atoms with Gasteiger partial charge in [-0.2, -0.15) is 0 Å². The summed E-state index contributed by atoms with van der Waals surface area (Å²) < 4.78 is 10.7. The molecule has 24 heavy (non-hydrogen) atoms. The van der Waals surface area contributed by atoms with Crippen LogP contribution in [0.4, 0.5) is 0 Å². The molecule has 1 aliphatic carbocycles. The lowest BCUT2D eigenvalue weighted by molar-refractivity contribution is -0.152. The largest absolute Gasteiger partial charge is 0.461 e. The van der Waals surface area contributed by atoms with Crippen LogP contribution in [0.2, 0.25) is 0 Å². The number of furan rings is 1. The van der Waals surface area contributed by atoms with E-state index in [4.69, 9.17) is 9.15 Å². The van der Waals surface area contributed by atoms with Crippen molar-refractivity contribution in [2.24, 2.45) is 5.92 Å².